The predicted octanol–water partition coefficient (Wildman–Crippen LogP) is 4.10. The van der Waals surface area contributed by atoms with Crippen LogP contribution in [0.25, 0.3) is 10.9 Å². The van der Waals surface area contributed by atoms with Crippen LogP contribution in [0.15, 0.2) is 53.1 Å². The molecule has 0 bridgehead atoms. The fourth-order valence-corrected chi connectivity index (χ4v) is 2.58. The van der Waals surface area contributed by atoms with Crippen LogP contribution >= 0.6 is 15.9 Å². The minimum Gasteiger partial charge on any atom is -0.399 e. The molecule has 90 valence electrons. The zero-order chi connectivity index (χ0) is 12.5. The number of aromatic nitrogens is 1. The molecule has 3 N–H and O–H groups in total. The zero-order valence-corrected chi connectivity index (χ0v) is 11.4. The van der Waals surface area contributed by atoms with Crippen molar-refractivity contribution in [3.8, 4) is 0 Å². The third-order valence-electron chi connectivity index (χ3n) is 3.08. The molecule has 1 heterocycles. The van der Waals surface area contributed by atoms with Gasteiger partial charge in [-0.1, -0.05) is 28.1 Å². The van der Waals surface area contributed by atoms with Crippen LogP contribution in [0.2, 0.25) is 0 Å². The standard InChI is InChI=1S/C15H13BrN2/c16-12-4-5-15-14(8-12)11(9-18-15)6-10-2-1-3-13(17)7-10/h1-5,7-9,18H,6,17H2. The molecule has 0 fully saturated rings. The number of halogens is 1. The predicted molar refractivity (Wildman–Crippen MR) is 79.7 cm³/mol. The molecule has 2 nitrogen and oxygen atoms in total. The van der Waals surface area contributed by atoms with Crippen molar-refractivity contribution in [1.82, 2.24) is 4.98 Å². The second-order valence-corrected chi connectivity index (χ2v) is 5.34. The van der Waals surface area contributed by atoms with Crippen LogP contribution in [-0.4, -0.2) is 4.98 Å². The first-order valence-corrected chi connectivity index (χ1v) is 6.61. The fraction of sp³-hybridized carbons (Fsp3) is 0.0667. The quantitative estimate of drug-likeness (QED) is 0.687. The number of hydrogen-bond acceptors (Lipinski definition) is 1. The van der Waals surface area contributed by atoms with E-state index in [1.807, 2.05) is 24.3 Å². The van der Waals surface area contributed by atoms with E-state index in [4.69, 9.17) is 5.73 Å². The molecule has 0 saturated heterocycles. The fourth-order valence-electron chi connectivity index (χ4n) is 2.22. The van der Waals surface area contributed by atoms with Gasteiger partial charge in [-0.25, -0.2) is 0 Å². The average Bonchev–Trinajstić information content (AvgIpc) is 2.72. The maximum absolute atomic E-state index is 5.81. The number of nitrogens with two attached hydrogens (primary N) is 1. The van der Waals surface area contributed by atoms with Crippen LogP contribution in [0, 0.1) is 0 Å². The summed E-state index contributed by atoms with van der Waals surface area (Å²) >= 11 is 3.51. The molecule has 0 atom stereocenters. The third kappa shape index (κ3) is 2.14. The molecule has 0 aliphatic carbocycles. The number of H-pyrrole nitrogens is 1. The Bertz CT molecular complexity index is 701. The molecule has 0 radical (unpaired) electrons. The first-order valence-electron chi connectivity index (χ1n) is 5.82. The van der Waals surface area contributed by atoms with E-state index in [1.165, 1.54) is 16.5 Å². The van der Waals surface area contributed by atoms with Crippen molar-refractivity contribution >= 4 is 32.5 Å². The van der Waals surface area contributed by atoms with Crippen molar-refractivity contribution in [2.75, 3.05) is 5.73 Å². The molecule has 0 saturated carbocycles. The van der Waals surface area contributed by atoms with E-state index in [2.05, 4.69) is 45.3 Å². The number of aromatic amines is 1. The monoisotopic (exact) mass is 300 g/mol. The number of rotatable bonds is 2. The van der Waals surface area contributed by atoms with Crippen molar-refractivity contribution in [2.45, 2.75) is 6.42 Å². The van der Waals surface area contributed by atoms with Crippen LogP contribution in [0.1, 0.15) is 11.1 Å². The molecule has 2 aromatic carbocycles. The highest BCUT2D eigenvalue weighted by atomic mass is 79.9. The molecule has 0 spiro atoms. The van der Waals surface area contributed by atoms with Crippen molar-refractivity contribution < 1.29 is 0 Å². The van der Waals surface area contributed by atoms with Crippen molar-refractivity contribution in [1.29, 1.82) is 0 Å². The molecule has 1 aromatic heterocycles. The Balaban J connectivity index is 2.02. The van der Waals surface area contributed by atoms with Crippen LogP contribution in [-0.2, 0) is 6.42 Å². The summed E-state index contributed by atoms with van der Waals surface area (Å²) in [5.41, 5.74) is 10.3. The first kappa shape index (κ1) is 11.4. The van der Waals surface area contributed by atoms with Gasteiger partial charge >= 0.3 is 0 Å². The summed E-state index contributed by atoms with van der Waals surface area (Å²) in [6, 6.07) is 14.3. The van der Waals surface area contributed by atoms with Crippen LogP contribution in [0.4, 0.5) is 5.69 Å². The van der Waals surface area contributed by atoms with Gasteiger partial charge in [-0.2, -0.15) is 0 Å². The molecule has 18 heavy (non-hydrogen) atoms. The smallest absolute Gasteiger partial charge is 0.0457 e. The van der Waals surface area contributed by atoms with Gasteiger partial charge in [-0.3, -0.25) is 0 Å². The molecular formula is C15H13BrN2. The highest BCUT2D eigenvalue weighted by molar-refractivity contribution is 9.10. The molecule has 0 aliphatic rings. The van der Waals surface area contributed by atoms with Gasteiger partial charge in [0.05, 0.1) is 0 Å². The lowest BCUT2D eigenvalue weighted by molar-refractivity contribution is 1.21. The highest BCUT2D eigenvalue weighted by Crippen LogP contribution is 2.25. The second kappa shape index (κ2) is 4.50. The lowest BCUT2D eigenvalue weighted by Crippen LogP contribution is -1.90. The van der Waals surface area contributed by atoms with Gasteiger partial charge in [-0.05, 0) is 47.9 Å². The summed E-state index contributed by atoms with van der Waals surface area (Å²) in [5, 5.41) is 1.26. The molecule has 3 aromatic rings. The van der Waals surface area contributed by atoms with Gasteiger partial charge in [0.1, 0.15) is 0 Å². The topological polar surface area (TPSA) is 41.8 Å². The summed E-state index contributed by atoms with van der Waals surface area (Å²) in [6.07, 6.45) is 2.96. The maximum atomic E-state index is 5.81. The van der Waals surface area contributed by atoms with Gasteiger partial charge < -0.3 is 10.7 Å². The Kier molecular flexibility index (Phi) is 2.84. The van der Waals surface area contributed by atoms with Gasteiger partial charge in [0, 0.05) is 27.3 Å². The Morgan fingerprint density at radius 2 is 2.00 bits per heavy atom. The Labute approximate surface area is 114 Å². The van der Waals surface area contributed by atoms with Gasteiger partial charge in [-0.15, -0.1) is 0 Å². The molecule has 3 heteroatoms. The second-order valence-electron chi connectivity index (χ2n) is 4.43. The van der Waals surface area contributed by atoms with Crippen LogP contribution in [0.3, 0.4) is 0 Å². The molecule has 0 aliphatic heterocycles. The minimum atomic E-state index is 0.813. The summed E-state index contributed by atoms with van der Waals surface area (Å²) in [6.45, 7) is 0. The number of nitrogens with one attached hydrogen (secondary N) is 1. The van der Waals surface area contributed by atoms with Crippen molar-refractivity contribution in [2.24, 2.45) is 0 Å². The largest absolute Gasteiger partial charge is 0.399 e. The average molecular weight is 301 g/mol. The Hall–Kier alpha value is -1.74. The van der Waals surface area contributed by atoms with E-state index < -0.39 is 0 Å². The van der Waals surface area contributed by atoms with E-state index in [1.54, 1.807) is 0 Å². The maximum Gasteiger partial charge on any atom is 0.0457 e. The molecule has 0 unspecified atom stereocenters. The van der Waals surface area contributed by atoms with Gasteiger partial charge in [0.2, 0.25) is 0 Å². The molecule has 3 rings (SSSR count). The van der Waals surface area contributed by atoms with Crippen LogP contribution < -0.4 is 5.73 Å². The zero-order valence-electron chi connectivity index (χ0n) is 9.78. The first-order chi connectivity index (χ1) is 8.72. The van der Waals surface area contributed by atoms with Crippen LogP contribution in [0.5, 0.6) is 0 Å². The number of nitrogen functional groups attached to an aromatic ring is 1. The van der Waals surface area contributed by atoms with E-state index in [0.29, 0.717) is 0 Å². The summed E-state index contributed by atoms with van der Waals surface area (Å²) in [4.78, 5) is 3.30. The summed E-state index contributed by atoms with van der Waals surface area (Å²) < 4.78 is 1.10. The molecular weight excluding hydrogens is 288 g/mol. The highest BCUT2D eigenvalue weighted by Gasteiger charge is 2.05. The number of fused-ring (bicyclic) bond motifs is 1. The van der Waals surface area contributed by atoms with Gasteiger partial charge in [0.15, 0.2) is 0 Å². The number of benzene rings is 2. The van der Waals surface area contributed by atoms with Crippen molar-refractivity contribution in [3.05, 3.63) is 64.3 Å². The lowest BCUT2D eigenvalue weighted by atomic mass is 10.0. The summed E-state index contributed by atoms with van der Waals surface area (Å²) in [7, 11) is 0. The SMILES string of the molecule is Nc1cccc(Cc2c[nH]c3ccc(Br)cc23)c1. The van der Waals surface area contributed by atoms with E-state index in [-0.39, 0.29) is 0 Å². The number of anilines is 1. The normalized spacial score (nSPS) is 10.9. The van der Waals surface area contributed by atoms with Crippen molar-refractivity contribution in [3.63, 3.8) is 0 Å². The van der Waals surface area contributed by atoms with E-state index >= 15 is 0 Å². The summed E-state index contributed by atoms with van der Waals surface area (Å²) in [5.74, 6) is 0. The Morgan fingerprint density at radius 1 is 1.11 bits per heavy atom. The number of hydrogen-bond donors (Lipinski definition) is 2. The van der Waals surface area contributed by atoms with Gasteiger partial charge in [0.25, 0.3) is 0 Å². The van der Waals surface area contributed by atoms with E-state index in [0.717, 1.165) is 22.1 Å². The lowest BCUT2D eigenvalue weighted by Gasteiger charge is -2.02. The third-order valence-corrected chi connectivity index (χ3v) is 3.57. The Morgan fingerprint density at radius 3 is 2.83 bits per heavy atom. The minimum absolute atomic E-state index is 0.813. The molecule has 0 amide bonds. The van der Waals surface area contributed by atoms with E-state index in [9.17, 15) is 0 Å².